The number of phenols is 1. The van der Waals surface area contributed by atoms with Crippen LogP contribution < -0.4 is 15.5 Å². The van der Waals surface area contributed by atoms with Crippen LogP contribution in [-0.4, -0.2) is 23.5 Å². The molecule has 2 rings (SSSR count). The van der Waals surface area contributed by atoms with Gasteiger partial charge in [0.2, 0.25) is 0 Å². The van der Waals surface area contributed by atoms with Crippen LogP contribution >= 0.6 is 28.1 Å². The van der Waals surface area contributed by atoms with Crippen LogP contribution in [0.2, 0.25) is 0 Å². The minimum atomic E-state index is 0.141. The lowest BCUT2D eigenvalue weighted by molar-refractivity contribution is 0.415. The Labute approximate surface area is 142 Å². The van der Waals surface area contributed by atoms with Crippen LogP contribution in [0.1, 0.15) is 5.56 Å². The molecule has 0 amide bonds. The Hall–Kier alpha value is -2.12. The molecular formula is C15H14BrN3O2S. The van der Waals surface area contributed by atoms with E-state index < -0.39 is 0 Å². The second-order valence-corrected chi connectivity index (χ2v) is 5.58. The Kier molecular flexibility index (Phi) is 5.74. The molecule has 114 valence electrons. The predicted octanol–water partition coefficient (Wildman–Crippen LogP) is 3.48. The fourth-order valence-electron chi connectivity index (χ4n) is 1.62. The number of ether oxygens (including phenoxy) is 1. The number of halogens is 1. The van der Waals surface area contributed by atoms with E-state index in [9.17, 15) is 5.11 Å². The largest absolute Gasteiger partial charge is 0.507 e. The Morgan fingerprint density at radius 2 is 2.00 bits per heavy atom. The summed E-state index contributed by atoms with van der Waals surface area (Å²) in [5.74, 6) is 0.912. The van der Waals surface area contributed by atoms with E-state index >= 15 is 0 Å². The summed E-state index contributed by atoms with van der Waals surface area (Å²) in [7, 11) is 1.61. The first-order valence-corrected chi connectivity index (χ1v) is 7.51. The van der Waals surface area contributed by atoms with Crippen molar-refractivity contribution in [2.75, 3.05) is 12.4 Å². The van der Waals surface area contributed by atoms with E-state index in [1.165, 1.54) is 6.21 Å². The molecule has 0 aliphatic carbocycles. The van der Waals surface area contributed by atoms with Gasteiger partial charge >= 0.3 is 0 Å². The van der Waals surface area contributed by atoms with Crippen molar-refractivity contribution >= 4 is 45.2 Å². The topological polar surface area (TPSA) is 65.9 Å². The van der Waals surface area contributed by atoms with Crippen LogP contribution in [0, 0.1) is 0 Å². The lowest BCUT2D eigenvalue weighted by atomic mass is 10.2. The third kappa shape index (κ3) is 4.71. The fourth-order valence-corrected chi connectivity index (χ4v) is 2.17. The Morgan fingerprint density at radius 1 is 1.27 bits per heavy atom. The second-order valence-electron chi connectivity index (χ2n) is 4.26. The summed E-state index contributed by atoms with van der Waals surface area (Å²) in [4.78, 5) is 0. The van der Waals surface area contributed by atoms with Crippen molar-refractivity contribution in [1.82, 2.24) is 5.43 Å². The highest BCUT2D eigenvalue weighted by molar-refractivity contribution is 9.10. The number of benzene rings is 2. The summed E-state index contributed by atoms with van der Waals surface area (Å²) in [5.41, 5.74) is 4.08. The van der Waals surface area contributed by atoms with Gasteiger partial charge in [-0.1, -0.05) is 15.9 Å². The van der Waals surface area contributed by atoms with E-state index in [0.717, 1.165) is 15.9 Å². The monoisotopic (exact) mass is 379 g/mol. The van der Waals surface area contributed by atoms with Gasteiger partial charge in [0, 0.05) is 15.7 Å². The predicted molar refractivity (Wildman–Crippen MR) is 95.8 cm³/mol. The third-order valence-corrected chi connectivity index (χ3v) is 3.39. The Morgan fingerprint density at radius 3 is 2.68 bits per heavy atom. The minimum absolute atomic E-state index is 0.141. The van der Waals surface area contributed by atoms with Crippen molar-refractivity contribution in [1.29, 1.82) is 0 Å². The first kappa shape index (κ1) is 16.3. The third-order valence-electron chi connectivity index (χ3n) is 2.71. The molecule has 0 spiro atoms. The van der Waals surface area contributed by atoms with E-state index in [2.05, 4.69) is 31.8 Å². The highest BCUT2D eigenvalue weighted by Gasteiger charge is 2.00. The molecule has 0 saturated heterocycles. The standard InChI is InChI=1S/C15H14BrN3O2S/c1-21-13-5-3-12(4-6-13)18-15(22)19-17-9-10-8-11(16)2-7-14(10)20/h2-9,20H,1H3,(H2,18,19,22)/b17-9+. The summed E-state index contributed by atoms with van der Waals surface area (Å²) in [6, 6.07) is 12.4. The minimum Gasteiger partial charge on any atom is -0.507 e. The van der Waals surface area contributed by atoms with Gasteiger partial charge in [-0.05, 0) is 54.7 Å². The van der Waals surface area contributed by atoms with Crippen molar-refractivity contribution in [2.24, 2.45) is 5.10 Å². The van der Waals surface area contributed by atoms with E-state index in [-0.39, 0.29) is 5.75 Å². The fraction of sp³-hybridized carbons (Fsp3) is 0.0667. The first-order valence-electron chi connectivity index (χ1n) is 6.31. The number of phenolic OH excluding ortho intramolecular Hbond substituents is 1. The number of hydrogen-bond acceptors (Lipinski definition) is 4. The zero-order valence-electron chi connectivity index (χ0n) is 11.7. The van der Waals surface area contributed by atoms with Gasteiger partial charge in [-0.3, -0.25) is 5.43 Å². The summed E-state index contributed by atoms with van der Waals surface area (Å²) >= 11 is 8.46. The molecule has 5 nitrogen and oxygen atoms in total. The van der Waals surface area contributed by atoms with Crippen molar-refractivity contribution in [3.8, 4) is 11.5 Å². The molecule has 0 aromatic heterocycles. The van der Waals surface area contributed by atoms with Crippen LogP contribution in [-0.2, 0) is 0 Å². The SMILES string of the molecule is COc1ccc(NC(=S)N/N=C/c2cc(Br)ccc2O)cc1. The lowest BCUT2D eigenvalue weighted by Crippen LogP contribution is -2.23. The molecule has 2 aromatic carbocycles. The Bertz CT molecular complexity index is 690. The van der Waals surface area contributed by atoms with Gasteiger partial charge in [0.1, 0.15) is 11.5 Å². The van der Waals surface area contributed by atoms with Crippen LogP contribution in [0.4, 0.5) is 5.69 Å². The number of rotatable bonds is 4. The number of anilines is 1. The van der Waals surface area contributed by atoms with Gasteiger partial charge in [0.05, 0.1) is 13.3 Å². The molecule has 0 radical (unpaired) electrons. The molecule has 0 heterocycles. The van der Waals surface area contributed by atoms with Crippen LogP contribution in [0.25, 0.3) is 0 Å². The zero-order valence-corrected chi connectivity index (χ0v) is 14.1. The van der Waals surface area contributed by atoms with Crippen molar-refractivity contribution in [3.63, 3.8) is 0 Å². The van der Waals surface area contributed by atoms with Gasteiger partial charge in [-0.2, -0.15) is 5.10 Å². The summed E-state index contributed by atoms with van der Waals surface area (Å²) < 4.78 is 5.93. The van der Waals surface area contributed by atoms with Crippen LogP contribution in [0.15, 0.2) is 52.0 Å². The lowest BCUT2D eigenvalue weighted by Gasteiger charge is -2.07. The highest BCUT2D eigenvalue weighted by atomic mass is 79.9. The normalized spacial score (nSPS) is 10.5. The maximum absolute atomic E-state index is 9.68. The summed E-state index contributed by atoms with van der Waals surface area (Å²) in [6.07, 6.45) is 1.49. The average molecular weight is 380 g/mol. The van der Waals surface area contributed by atoms with Crippen LogP contribution in [0.3, 0.4) is 0 Å². The first-order chi connectivity index (χ1) is 10.6. The number of methoxy groups -OCH3 is 1. The molecule has 0 aliphatic heterocycles. The van der Waals surface area contributed by atoms with Crippen molar-refractivity contribution < 1.29 is 9.84 Å². The maximum Gasteiger partial charge on any atom is 0.191 e. The smallest absolute Gasteiger partial charge is 0.191 e. The van der Waals surface area contributed by atoms with E-state index in [4.69, 9.17) is 17.0 Å². The number of hydrazone groups is 1. The summed E-state index contributed by atoms with van der Waals surface area (Å²) in [6.45, 7) is 0. The van der Waals surface area contributed by atoms with Crippen LogP contribution in [0.5, 0.6) is 11.5 Å². The molecule has 3 N–H and O–H groups in total. The van der Waals surface area contributed by atoms with Crippen molar-refractivity contribution in [3.05, 3.63) is 52.5 Å². The van der Waals surface area contributed by atoms with Gasteiger partial charge < -0.3 is 15.2 Å². The van der Waals surface area contributed by atoms with E-state index in [1.807, 2.05) is 24.3 Å². The van der Waals surface area contributed by atoms with E-state index in [1.54, 1.807) is 25.3 Å². The molecule has 0 atom stereocenters. The van der Waals surface area contributed by atoms with Crippen molar-refractivity contribution in [2.45, 2.75) is 0 Å². The highest BCUT2D eigenvalue weighted by Crippen LogP contribution is 2.20. The Balaban J connectivity index is 1.91. The zero-order chi connectivity index (χ0) is 15.9. The molecule has 7 heteroatoms. The van der Waals surface area contributed by atoms with E-state index in [0.29, 0.717) is 10.7 Å². The van der Waals surface area contributed by atoms with Gasteiger partial charge in [0.25, 0.3) is 0 Å². The second kappa shape index (κ2) is 7.77. The van der Waals surface area contributed by atoms with Gasteiger partial charge in [-0.25, -0.2) is 0 Å². The molecule has 0 saturated carbocycles. The molecule has 0 bridgehead atoms. The number of thiocarbonyl (C=S) groups is 1. The molecule has 22 heavy (non-hydrogen) atoms. The quantitative estimate of drug-likeness (QED) is 0.431. The number of nitrogens with zero attached hydrogens (tertiary/aromatic N) is 1. The molecule has 2 aromatic rings. The van der Waals surface area contributed by atoms with Gasteiger partial charge in [-0.15, -0.1) is 0 Å². The maximum atomic E-state index is 9.68. The molecule has 0 aliphatic rings. The number of nitrogens with one attached hydrogen (secondary N) is 2. The molecular weight excluding hydrogens is 366 g/mol. The molecule has 0 fully saturated rings. The van der Waals surface area contributed by atoms with Gasteiger partial charge in [0.15, 0.2) is 5.11 Å². The summed E-state index contributed by atoms with van der Waals surface area (Å²) in [5, 5.41) is 17.0. The molecule has 0 unspecified atom stereocenters. The number of aromatic hydroxyl groups is 1. The average Bonchev–Trinajstić information content (AvgIpc) is 2.51. The number of hydrogen-bond donors (Lipinski definition) is 3.